The zero-order valence-corrected chi connectivity index (χ0v) is 10.3. The maximum atomic E-state index is 2.35. The molecule has 0 bridgehead atoms. The highest BCUT2D eigenvalue weighted by atomic mass is 14.0. The highest BCUT2D eigenvalue weighted by Crippen LogP contribution is 2.12. The van der Waals surface area contributed by atoms with Crippen molar-refractivity contribution in [3.05, 3.63) is 35.5 Å². The third-order valence-corrected chi connectivity index (χ3v) is 2.45. The standard InChI is InChI=1S/C14H24/c1-6-9-14(10-12(4)7-2)11-13(5)8-3/h6,9-12H,7-8H2,1-5H3. The summed E-state index contributed by atoms with van der Waals surface area (Å²) in [6.07, 6.45) is 11.3. The summed E-state index contributed by atoms with van der Waals surface area (Å²) in [5.74, 6) is 0.669. The minimum atomic E-state index is 0.669. The van der Waals surface area contributed by atoms with E-state index in [0.717, 1.165) is 6.42 Å². The van der Waals surface area contributed by atoms with Crippen molar-refractivity contribution < 1.29 is 0 Å². The molecule has 0 aliphatic rings. The monoisotopic (exact) mass is 192 g/mol. The molecule has 0 nitrogen and oxygen atoms in total. The molecule has 0 aliphatic carbocycles. The molecule has 0 N–H and O–H groups in total. The molecule has 0 heterocycles. The quantitative estimate of drug-likeness (QED) is 0.544. The first-order chi connectivity index (χ1) is 6.63. The first-order valence-electron chi connectivity index (χ1n) is 5.65. The maximum Gasteiger partial charge on any atom is -0.0256 e. The SMILES string of the molecule is CC=CC(=CC(C)CC)C=C(C)CC. The van der Waals surface area contributed by atoms with E-state index in [1.54, 1.807) is 0 Å². The van der Waals surface area contributed by atoms with E-state index in [4.69, 9.17) is 0 Å². The van der Waals surface area contributed by atoms with E-state index in [2.05, 4.69) is 58.9 Å². The molecule has 0 fully saturated rings. The van der Waals surface area contributed by atoms with Crippen LogP contribution < -0.4 is 0 Å². The van der Waals surface area contributed by atoms with Crippen LogP contribution in [0, 0.1) is 5.92 Å². The van der Waals surface area contributed by atoms with E-state index in [0.29, 0.717) is 5.92 Å². The number of hydrogen-bond donors (Lipinski definition) is 0. The van der Waals surface area contributed by atoms with Crippen LogP contribution in [0.1, 0.15) is 47.5 Å². The van der Waals surface area contributed by atoms with Gasteiger partial charge in [0.05, 0.1) is 0 Å². The van der Waals surface area contributed by atoms with Crippen LogP contribution in [0.25, 0.3) is 0 Å². The molecule has 0 aromatic rings. The Morgan fingerprint density at radius 2 is 1.93 bits per heavy atom. The van der Waals surface area contributed by atoms with Crippen LogP contribution in [0.15, 0.2) is 35.5 Å². The van der Waals surface area contributed by atoms with E-state index in [1.807, 2.05) is 0 Å². The second-order valence-corrected chi connectivity index (χ2v) is 3.90. The fraction of sp³-hybridized carbons (Fsp3) is 0.571. The van der Waals surface area contributed by atoms with Gasteiger partial charge in [-0.05, 0) is 31.8 Å². The van der Waals surface area contributed by atoms with Gasteiger partial charge in [-0.3, -0.25) is 0 Å². The van der Waals surface area contributed by atoms with Gasteiger partial charge in [-0.1, -0.05) is 57.1 Å². The summed E-state index contributed by atoms with van der Waals surface area (Å²) in [4.78, 5) is 0. The number of allylic oxidation sites excluding steroid dienone is 6. The molecule has 14 heavy (non-hydrogen) atoms. The predicted octanol–water partition coefficient (Wildman–Crippen LogP) is 4.89. The average Bonchev–Trinajstić information content (AvgIpc) is 2.17. The van der Waals surface area contributed by atoms with Crippen LogP contribution in [0.5, 0.6) is 0 Å². The molecule has 0 radical (unpaired) electrons. The highest BCUT2D eigenvalue weighted by Gasteiger charge is 1.95. The third-order valence-electron chi connectivity index (χ3n) is 2.45. The summed E-state index contributed by atoms with van der Waals surface area (Å²) in [5.41, 5.74) is 2.79. The van der Waals surface area contributed by atoms with Crippen molar-refractivity contribution in [3.8, 4) is 0 Å². The molecule has 0 saturated carbocycles. The molecule has 0 aromatic carbocycles. The van der Waals surface area contributed by atoms with Crippen LogP contribution in [-0.4, -0.2) is 0 Å². The van der Waals surface area contributed by atoms with E-state index in [-0.39, 0.29) is 0 Å². The molecule has 0 heteroatoms. The fourth-order valence-electron chi connectivity index (χ4n) is 1.18. The largest absolute Gasteiger partial charge is 0.0871 e. The summed E-state index contributed by atoms with van der Waals surface area (Å²) in [7, 11) is 0. The summed E-state index contributed by atoms with van der Waals surface area (Å²) in [6, 6.07) is 0. The van der Waals surface area contributed by atoms with Gasteiger partial charge in [0.25, 0.3) is 0 Å². The smallest absolute Gasteiger partial charge is 0.0256 e. The topological polar surface area (TPSA) is 0 Å². The van der Waals surface area contributed by atoms with Gasteiger partial charge in [0.2, 0.25) is 0 Å². The molecule has 80 valence electrons. The van der Waals surface area contributed by atoms with E-state index >= 15 is 0 Å². The van der Waals surface area contributed by atoms with Gasteiger partial charge in [0, 0.05) is 0 Å². The van der Waals surface area contributed by atoms with Gasteiger partial charge in [0.1, 0.15) is 0 Å². The van der Waals surface area contributed by atoms with Crippen LogP contribution in [-0.2, 0) is 0 Å². The Morgan fingerprint density at radius 3 is 2.36 bits per heavy atom. The lowest BCUT2D eigenvalue weighted by atomic mass is 10.0. The van der Waals surface area contributed by atoms with Crippen LogP contribution in [0.3, 0.4) is 0 Å². The molecule has 0 rings (SSSR count). The first-order valence-corrected chi connectivity index (χ1v) is 5.65. The van der Waals surface area contributed by atoms with E-state index < -0.39 is 0 Å². The van der Waals surface area contributed by atoms with Gasteiger partial charge >= 0.3 is 0 Å². The normalized spacial score (nSPS) is 16.4. The third kappa shape index (κ3) is 5.80. The zero-order valence-electron chi connectivity index (χ0n) is 10.3. The first kappa shape index (κ1) is 13.2. The fourth-order valence-corrected chi connectivity index (χ4v) is 1.18. The Hall–Kier alpha value is -0.780. The van der Waals surface area contributed by atoms with Gasteiger partial charge in [0.15, 0.2) is 0 Å². The predicted molar refractivity (Wildman–Crippen MR) is 66.4 cm³/mol. The second kappa shape index (κ2) is 7.61. The van der Waals surface area contributed by atoms with Gasteiger partial charge in [-0.15, -0.1) is 0 Å². The zero-order chi connectivity index (χ0) is 11.0. The minimum absolute atomic E-state index is 0.669. The summed E-state index contributed by atoms with van der Waals surface area (Å²) in [6.45, 7) is 10.9. The minimum Gasteiger partial charge on any atom is -0.0871 e. The van der Waals surface area contributed by atoms with Crippen molar-refractivity contribution >= 4 is 0 Å². The second-order valence-electron chi connectivity index (χ2n) is 3.90. The van der Waals surface area contributed by atoms with Crippen molar-refractivity contribution in [1.82, 2.24) is 0 Å². The molecular weight excluding hydrogens is 168 g/mol. The number of hydrogen-bond acceptors (Lipinski definition) is 0. The Kier molecular flexibility index (Phi) is 7.18. The van der Waals surface area contributed by atoms with Gasteiger partial charge < -0.3 is 0 Å². The molecule has 0 aliphatic heterocycles. The molecular formula is C14H24. The lowest BCUT2D eigenvalue weighted by Crippen LogP contribution is -1.88. The van der Waals surface area contributed by atoms with Crippen LogP contribution in [0.2, 0.25) is 0 Å². The number of rotatable bonds is 5. The van der Waals surface area contributed by atoms with E-state index in [9.17, 15) is 0 Å². The maximum absolute atomic E-state index is 2.35. The van der Waals surface area contributed by atoms with E-state index in [1.165, 1.54) is 17.6 Å². The summed E-state index contributed by atoms with van der Waals surface area (Å²) < 4.78 is 0. The van der Waals surface area contributed by atoms with Crippen molar-refractivity contribution in [2.24, 2.45) is 5.92 Å². The average molecular weight is 192 g/mol. The van der Waals surface area contributed by atoms with Gasteiger partial charge in [-0.25, -0.2) is 0 Å². The van der Waals surface area contributed by atoms with Crippen molar-refractivity contribution in [2.75, 3.05) is 0 Å². The molecule has 1 atom stereocenters. The molecule has 0 amide bonds. The molecule has 0 spiro atoms. The molecule has 0 aromatic heterocycles. The highest BCUT2D eigenvalue weighted by molar-refractivity contribution is 5.33. The Morgan fingerprint density at radius 1 is 1.29 bits per heavy atom. The Balaban J connectivity index is 4.68. The molecule has 1 unspecified atom stereocenters. The van der Waals surface area contributed by atoms with Crippen LogP contribution >= 0.6 is 0 Å². The van der Waals surface area contributed by atoms with Gasteiger partial charge in [-0.2, -0.15) is 0 Å². The summed E-state index contributed by atoms with van der Waals surface area (Å²) >= 11 is 0. The Bertz CT molecular complexity index is 228. The van der Waals surface area contributed by atoms with Crippen molar-refractivity contribution in [3.63, 3.8) is 0 Å². The van der Waals surface area contributed by atoms with Crippen molar-refractivity contribution in [2.45, 2.75) is 47.5 Å². The lowest BCUT2D eigenvalue weighted by molar-refractivity contribution is 0.696. The lowest BCUT2D eigenvalue weighted by Gasteiger charge is -2.04. The van der Waals surface area contributed by atoms with Crippen LogP contribution in [0.4, 0.5) is 0 Å². The Labute approximate surface area is 89.4 Å². The van der Waals surface area contributed by atoms with Crippen molar-refractivity contribution in [1.29, 1.82) is 0 Å². The summed E-state index contributed by atoms with van der Waals surface area (Å²) in [5, 5.41) is 0. The molecule has 0 saturated heterocycles.